The van der Waals surface area contributed by atoms with Gasteiger partial charge in [0.05, 0.1) is 22.3 Å². The normalized spacial score (nSPS) is 10.3. The minimum atomic E-state index is 0.550. The van der Waals surface area contributed by atoms with Crippen LogP contribution in [-0.4, -0.2) is 4.98 Å². The van der Waals surface area contributed by atoms with E-state index in [1.54, 1.807) is 12.1 Å². The Morgan fingerprint density at radius 2 is 1.94 bits per heavy atom. The predicted octanol–water partition coefficient (Wildman–Crippen LogP) is 4.31. The van der Waals surface area contributed by atoms with Crippen molar-refractivity contribution in [1.29, 1.82) is 0 Å². The van der Waals surface area contributed by atoms with Crippen LogP contribution in [0.2, 0.25) is 10.0 Å². The molecule has 0 unspecified atom stereocenters. The number of nitrogens with zero attached hydrogens (tertiary/aromatic N) is 1. The average molecular weight is 267 g/mol. The third kappa shape index (κ3) is 3.35. The highest BCUT2D eigenvalue weighted by molar-refractivity contribution is 6.42. The average Bonchev–Trinajstić information content (AvgIpc) is 2.33. The number of anilines is 1. The van der Waals surface area contributed by atoms with Gasteiger partial charge in [0.25, 0.3) is 0 Å². The van der Waals surface area contributed by atoms with Gasteiger partial charge in [-0.25, -0.2) is 0 Å². The third-order valence-corrected chi connectivity index (χ3v) is 3.10. The summed E-state index contributed by atoms with van der Waals surface area (Å²) in [6.45, 7) is 2.68. The summed E-state index contributed by atoms with van der Waals surface area (Å²) in [6.07, 6.45) is 1.85. The first kappa shape index (κ1) is 12.2. The van der Waals surface area contributed by atoms with Crippen LogP contribution in [0.15, 0.2) is 36.5 Å². The highest BCUT2D eigenvalue weighted by Gasteiger charge is 1.99. The quantitative estimate of drug-likeness (QED) is 0.896. The van der Waals surface area contributed by atoms with E-state index in [9.17, 15) is 0 Å². The summed E-state index contributed by atoms with van der Waals surface area (Å²) < 4.78 is 0. The lowest BCUT2D eigenvalue weighted by atomic mass is 10.2. The SMILES string of the molecule is Cc1ccc(CNc2ccc(Cl)c(Cl)c2)nc1. The van der Waals surface area contributed by atoms with Crippen LogP contribution in [0.4, 0.5) is 5.69 Å². The number of hydrogen-bond acceptors (Lipinski definition) is 2. The molecule has 0 radical (unpaired) electrons. The van der Waals surface area contributed by atoms with Crippen molar-refractivity contribution in [2.24, 2.45) is 0 Å². The van der Waals surface area contributed by atoms with Gasteiger partial charge < -0.3 is 5.32 Å². The lowest BCUT2D eigenvalue weighted by molar-refractivity contribution is 1.04. The zero-order chi connectivity index (χ0) is 12.3. The fourth-order valence-electron chi connectivity index (χ4n) is 1.40. The first-order valence-corrected chi connectivity index (χ1v) is 6.01. The lowest BCUT2D eigenvalue weighted by Crippen LogP contribution is -2.01. The van der Waals surface area contributed by atoms with Crippen LogP contribution in [0.1, 0.15) is 11.3 Å². The zero-order valence-electron chi connectivity index (χ0n) is 9.37. The van der Waals surface area contributed by atoms with Gasteiger partial charge in [-0.15, -0.1) is 0 Å². The summed E-state index contributed by atoms with van der Waals surface area (Å²) in [4.78, 5) is 4.31. The van der Waals surface area contributed by atoms with Crippen molar-refractivity contribution in [3.63, 3.8) is 0 Å². The molecule has 0 atom stereocenters. The maximum atomic E-state index is 5.93. The molecule has 1 heterocycles. The van der Waals surface area contributed by atoms with Crippen LogP contribution in [-0.2, 0) is 6.54 Å². The molecule has 1 aromatic carbocycles. The Labute approximate surface area is 111 Å². The largest absolute Gasteiger partial charge is 0.379 e. The molecule has 0 saturated carbocycles. The van der Waals surface area contributed by atoms with Crippen LogP contribution in [0.5, 0.6) is 0 Å². The molecule has 0 aliphatic carbocycles. The van der Waals surface area contributed by atoms with E-state index in [1.165, 1.54) is 0 Å². The minimum absolute atomic E-state index is 0.550. The Balaban J connectivity index is 2.02. The fraction of sp³-hybridized carbons (Fsp3) is 0.154. The molecule has 2 aromatic rings. The summed E-state index contributed by atoms with van der Waals surface area (Å²) in [7, 11) is 0. The van der Waals surface area contributed by atoms with Crippen molar-refractivity contribution < 1.29 is 0 Å². The zero-order valence-corrected chi connectivity index (χ0v) is 10.9. The molecule has 0 bridgehead atoms. The first-order chi connectivity index (χ1) is 8.15. The second kappa shape index (κ2) is 5.39. The topological polar surface area (TPSA) is 24.9 Å². The maximum Gasteiger partial charge on any atom is 0.0612 e. The maximum absolute atomic E-state index is 5.93. The van der Waals surface area contributed by atoms with Crippen molar-refractivity contribution in [3.05, 3.63) is 57.8 Å². The van der Waals surface area contributed by atoms with Crippen LogP contribution >= 0.6 is 23.2 Å². The van der Waals surface area contributed by atoms with E-state index in [4.69, 9.17) is 23.2 Å². The first-order valence-electron chi connectivity index (χ1n) is 5.25. The van der Waals surface area contributed by atoms with Gasteiger partial charge in [0, 0.05) is 11.9 Å². The Morgan fingerprint density at radius 1 is 1.12 bits per heavy atom. The lowest BCUT2D eigenvalue weighted by Gasteiger charge is -2.07. The molecule has 0 fully saturated rings. The van der Waals surface area contributed by atoms with E-state index >= 15 is 0 Å². The van der Waals surface area contributed by atoms with Gasteiger partial charge in [0.15, 0.2) is 0 Å². The minimum Gasteiger partial charge on any atom is -0.379 e. The van der Waals surface area contributed by atoms with Gasteiger partial charge in [-0.2, -0.15) is 0 Å². The smallest absolute Gasteiger partial charge is 0.0612 e. The third-order valence-electron chi connectivity index (χ3n) is 2.37. The number of nitrogens with one attached hydrogen (secondary N) is 1. The molecule has 88 valence electrons. The van der Waals surface area contributed by atoms with E-state index in [0.29, 0.717) is 16.6 Å². The number of pyridine rings is 1. The van der Waals surface area contributed by atoms with Gasteiger partial charge in [0.1, 0.15) is 0 Å². The molecular weight excluding hydrogens is 255 g/mol. The van der Waals surface area contributed by atoms with Gasteiger partial charge in [-0.05, 0) is 36.8 Å². The van der Waals surface area contributed by atoms with Gasteiger partial charge in [0.2, 0.25) is 0 Å². The predicted molar refractivity (Wildman–Crippen MR) is 72.8 cm³/mol. The molecular formula is C13H12Cl2N2. The van der Waals surface area contributed by atoms with Crippen LogP contribution in [0, 0.1) is 6.92 Å². The molecule has 0 amide bonds. The molecule has 2 rings (SSSR count). The molecule has 4 heteroatoms. The van der Waals surface area contributed by atoms with E-state index in [2.05, 4.69) is 10.3 Å². The van der Waals surface area contributed by atoms with Crippen molar-refractivity contribution in [3.8, 4) is 0 Å². The standard InChI is InChI=1S/C13H12Cl2N2/c1-9-2-3-11(16-7-9)8-17-10-4-5-12(14)13(15)6-10/h2-7,17H,8H2,1H3. The fourth-order valence-corrected chi connectivity index (χ4v) is 1.70. The number of hydrogen-bond donors (Lipinski definition) is 1. The molecule has 0 aliphatic rings. The molecule has 0 spiro atoms. The Hall–Kier alpha value is -1.25. The molecule has 1 aromatic heterocycles. The molecule has 1 N–H and O–H groups in total. The number of halogens is 2. The van der Waals surface area contributed by atoms with E-state index < -0.39 is 0 Å². The summed E-state index contributed by atoms with van der Waals surface area (Å²) >= 11 is 11.8. The van der Waals surface area contributed by atoms with Crippen molar-refractivity contribution in [2.45, 2.75) is 13.5 Å². The van der Waals surface area contributed by atoms with Crippen LogP contribution in [0.25, 0.3) is 0 Å². The van der Waals surface area contributed by atoms with Gasteiger partial charge in [-0.1, -0.05) is 29.3 Å². The molecule has 0 aliphatic heterocycles. The number of aromatic nitrogens is 1. The van der Waals surface area contributed by atoms with Crippen molar-refractivity contribution >= 4 is 28.9 Å². The Kier molecular flexibility index (Phi) is 3.87. The summed E-state index contributed by atoms with van der Waals surface area (Å²) in [5, 5.41) is 4.35. The van der Waals surface area contributed by atoms with Crippen molar-refractivity contribution in [2.75, 3.05) is 5.32 Å². The number of rotatable bonds is 3. The van der Waals surface area contributed by atoms with Gasteiger partial charge in [-0.3, -0.25) is 4.98 Å². The van der Waals surface area contributed by atoms with E-state index in [-0.39, 0.29) is 0 Å². The second-order valence-electron chi connectivity index (χ2n) is 3.81. The van der Waals surface area contributed by atoms with Crippen LogP contribution < -0.4 is 5.32 Å². The monoisotopic (exact) mass is 266 g/mol. The molecule has 0 saturated heterocycles. The van der Waals surface area contributed by atoms with Gasteiger partial charge >= 0.3 is 0 Å². The Bertz CT molecular complexity index is 509. The molecule has 2 nitrogen and oxygen atoms in total. The van der Waals surface area contributed by atoms with E-state index in [0.717, 1.165) is 16.9 Å². The highest BCUT2D eigenvalue weighted by Crippen LogP contribution is 2.25. The number of aryl methyl sites for hydroxylation is 1. The summed E-state index contributed by atoms with van der Waals surface area (Å²) in [5.74, 6) is 0. The summed E-state index contributed by atoms with van der Waals surface area (Å²) in [6, 6.07) is 9.51. The van der Waals surface area contributed by atoms with E-state index in [1.807, 2.05) is 31.3 Å². The molecule has 17 heavy (non-hydrogen) atoms. The second-order valence-corrected chi connectivity index (χ2v) is 4.62. The van der Waals surface area contributed by atoms with Crippen LogP contribution in [0.3, 0.4) is 0 Å². The Morgan fingerprint density at radius 3 is 2.59 bits per heavy atom. The summed E-state index contributed by atoms with van der Waals surface area (Å²) in [5.41, 5.74) is 3.08. The van der Waals surface area contributed by atoms with Crippen molar-refractivity contribution in [1.82, 2.24) is 4.98 Å². The number of benzene rings is 1. The highest BCUT2D eigenvalue weighted by atomic mass is 35.5.